The number of halogens is 1. The largest absolute Gasteiger partial charge is 0.468 e. The number of ether oxygens (including phenoxy) is 1. The van der Waals surface area contributed by atoms with Crippen molar-refractivity contribution in [1.82, 2.24) is 9.38 Å². The number of hydrogen-bond acceptors (Lipinski definition) is 4. The van der Waals surface area contributed by atoms with Crippen LogP contribution in [0.4, 0.5) is 0 Å². The van der Waals surface area contributed by atoms with Crippen molar-refractivity contribution in [3.05, 3.63) is 59.4 Å². The quantitative estimate of drug-likeness (QED) is 0.747. The van der Waals surface area contributed by atoms with Gasteiger partial charge in [0.25, 0.3) is 0 Å². The summed E-state index contributed by atoms with van der Waals surface area (Å²) in [6.45, 7) is 0. The number of benzene rings is 1. The Kier molecular flexibility index (Phi) is 4.32. The summed E-state index contributed by atoms with van der Waals surface area (Å²) < 4.78 is 6.66. The topological polar surface area (TPSA) is 69.6 Å². The standard InChI is InChI=1S/C17H16ClN3O2/c1-23-17(22)13(19)10-14-16(11-5-7-12(18)8-6-11)20-15-4-2-3-9-21(14)15/h2-9,13H,10,19H2,1H3. The van der Waals surface area contributed by atoms with Gasteiger partial charge in [0.15, 0.2) is 0 Å². The Hall–Kier alpha value is -2.37. The van der Waals surface area contributed by atoms with Gasteiger partial charge < -0.3 is 14.9 Å². The van der Waals surface area contributed by atoms with Crippen LogP contribution in [0.5, 0.6) is 0 Å². The van der Waals surface area contributed by atoms with Crippen molar-refractivity contribution in [3.8, 4) is 11.3 Å². The molecule has 5 nitrogen and oxygen atoms in total. The second kappa shape index (κ2) is 6.40. The fourth-order valence-electron chi connectivity index (χ4n) is 2.52. The van der Waals surface area contributed by atoms with Crippen LogP contribution in [0, 0.1) is 0 Å². The first kappa shape index (κ1) is 15.5. The second-order valence-corrected chi connectivity index (χ2v) is 5.61. The van der Waals surface area contributed by atoms with Crippen molar-refractivity contribution in [3.63, 3.8) is 0 Å². The number of imidazole rings is 1. The summed E-state index contributed by atoms with van der Waals surface area (Å²) in [5.41, 5.74) is 9.31. The molecular weight excluding hydrogens is 314 g/mol. The number of nitrogens with zero attached hydrogens (tertiary/aromatic N) is 2. The molecule has 0 amide bonds. The van der Waals surface area contributed by atoms with Crippen molar-refractivity contribution < 1.29 is 9.53 Å². The van der Waals surface area contributed by atoms with Crippen molar-refractivity contribution in [2.75, 3.05) is 7.11 Å². The predicted molar refractivity (Wildman–Crippen MR) is 89.3 cm³/mol. The first-order valence-electron chi connectivity index (χ1n) is 7.15. The smallest absolute Gasteiger partial charge is 0.323 e. The molecule has 0 aliphatic heterocycles. The molecule has 0 aliphatic rings. The third kappa shape index (κ3) is 3.06. The van der Waals surface area contributed by atoms with Gasteiger partial charge in [0.2, 0.25) is 0 Å². The summed E-state index contributed by atoms with van der Waals surface area (Å²) in [4.78, 5) is 16.3. The molecule has 23 heavy (non-hydrogen) atoms. The van der Waals surface area contributed by atoms with Gasteiger partial charge in [0.05, 0.1) is 18.5 Å². The van der Waals surface area contributed by atoms with Crippen LogP contribution >= 0.6 is 11.6 Å². The molecule has 1 aromatic carbocycles. The van der Waals surface area contributed by atoms with Gasteiger partial charge in [0, 0.05) is 23.2 Å². The molecule has 0 saturated carbocycles. The van der Waals surface area contributed by atoms with Crippen LogP contribution in [-0.4, -0.2) is 28.5 Å². The maximum atomic E-state index is 11.7. The van der Waals surface area contributed by atoms with Gasteiger partial charge in [-0.05, 0) is 24.3 Å². The molecule has 3 aromatic rings. The van der Waals surface area contributed by atoms with Crippen LogP contribution in [0.3, 0.4) is 0 Å². The summed E-state index contributed by atoms with van der Waals surface area (Å²) in [6, 6.07) is 12.4. The first-order valence-corrected chi connectivity index (χ1v) is 7.53. The number of fused-ring (bicyclic) bond motifs is 1. The van der Waals surface area contributed by atoms with Crippen LogP contribution in [0.25, 0.3) is 16.9 Å². The number of nitrogens with two attached hydrogens (primary N) is 1. The van der Waals surface area contributed by atoms with E-state index in [1.54, 1.807) is 0 Å². The lowest BCUT2D eigenvalue weighted by Crippen LogP contribution is -2.34. The molecule has 3 rings (SSSR count). The zero-order chi connectivity index (χ0) is 16.4. The average Bonchev–Trinajstić information content (AvgIpc) is 2.93. The molecule has 0 bridgehead atoms. The fourth-order valence-corrected chi connectivity index (χ4v) is 2.65. The van der Waals surface area contributed by atoms with Gasteiger partial charge in [-0.2, -0.15) is 0 Å². The molecule has 0 spiro atoms. The zero-order valence-electron chi connectivity index (χ0n) is 12.6. The van der Waals surface area contributed by atoms with Crippen LogP contribution in [0.15, 0.2) is 48.7 Å². The van der Waals surface area contributed by atoms with Gasteiger partial charge in [-0.1, -0.05) is 29.8 Å². The molecule has 0 fully saturated rings. The minimum Gasteiger partial charge on any atom is -0.468 e. The van der Waals surface area contributed by atoms with E-state index in [4.69, 9.17) is 22.1 Å². The number of esters is 1. The predicted octanol–water partition coefficient (Wildman–Crippen LogP) is 2.70. The van der Waals surface area contributed by atoms with E-state index in [1.807, 2.05) is 53.1 Å². The number of hydrogen-bond donors (Lipinski definition) is 1. The Labute approximate surface area is 138 Å². The molecule has 118 valence electrons. The van der Waals surface area contributed by atoms with Crippen LogP contribution < -0.4 is 5.73 Å². The van der Waals surface area contributed by atoms with E-state index in [0.717, 1.165) is 22.6 Å². The molecule has 2 N–H and O–H groups in total. The first-order chi connectivity index (χ1) is 11.1. The normalized spacial score (nSPS) is 12.3. The average molecular weight is 330 g/mol. The van der Waals surface area contributed by atoms with Crippen molar-refractivity contribution in [2.45, 2.75) is 12.5 Å². The monoisotopic (exact) mass is 329 g/mol. The highest BCUT2D eigenvalue weighted by Gasteiger charge is 2.21. The second-order valence-electron chi connectivity index (χ2n) is 5.18. The van der Waals surface area contributed by atoms with Gasteiger partial charge in [-0.3, -0.25) is 4.79 Å². The van der Waals surface area contributed by atoms with E-state index in [-0.39, 0.29) is 0 Å². The number of aromatic nitrogens is 2. The van der Waals surface area contributed by atoms with Crippen molar-refractivity contribution >= 4 is 23.2 Å². The molecule has 0 radical (unpaired) electrons. The van der Waals surface area contributed by atoms with Gasteiger partial charge in [-0.25, -0.2) is 4.98 Å². The van der Waals surface area contributed by atoms with Crippen molar-refractivity contribution in [1.29, 1.82) is 0 Å². The van der Waals surface area contributed by atoms with E-state index < -0.39 is 12.0 Å². The number of carbonyl (C=O) groups is 1. The van der Waals surface area contributed by atoms with Crippen LogP contribution in [0.1, 0.15) is 5.69 Å². The van der Waals surface area contributed by atoms with E-state index >= 15 is 0 Å². The van der Waals surface area contributed by atoms with E-state index in [9.17, 15) is 4.79 Å². The zero-order valence-corrected chi connectivity index (χ0v) is 13.3. The summed E-state index contributed by atoms with van der Waals surface area (Å²) >= 11 is 5.96. The molecule has 1 unspecified atom stereocenters. The highest BCUT2D eigenvalue weighted by atomic mass is 35.5. The molecule has 0 saturated heterocycles. The molecule has 0 aliphatic carbocycles. The van der Waals surface area contributed by atoms with E-state index in [0.29, 0.717) is 11.4 Å². The fraction of sp³-hybridized carbons (Fsp3) is 0.176. The molecule has 2 aromatic heterocycles. The Bertz CT molecular complexity index is 843. The summed E-state index contributed by atoms with van der Waals surface area (Å²) in [6.07, 6.45) is 2.23. The third-order valence-corrected chi connectivity index (χ3v) is 3.92. The lowest BCUT2D eigenvalue weighted by Gasteiger charge is -2.11. The Morgan fingerprint density at radius 3 is 2.74 bits per heavy atom. The third-order valence-electron chi connectivity index (χ3n) is 3.66. The van der Waals surface area contributed by atoms with Crippen LogP contribution in [-0.2, 0) is 16.0 Å². The summed E-state index contributed by atoms with van der Waals surface area (Å²) in [5, 5.41) is 0.658. The summed E-state index contributed by atoms with van der Waals surface area (Å²) in [7, 11) is 1.33. The maximum absolute atomic E-state index is 11.7. The van der Waals surface area contributed by atoms with Crippen molar-refractivity contribution in [2.24, 2.45) is 5.73 Å². The molecule has 2 heterocycles. The Balaban J connectivity index is 2.11. The lowest BCUT2D eigenvalue weighted by atomic mass is 10.1. The highest BCUT2D eigenvalue weighted by molar-refractivity contribution is 6.30. The minimum atomic E-state index is -0.744. The molecular formula is C17H16ClN3O2. The minimum absolute atomic E-state index is 0.329. The maximum Gasteiger partial charge on any atom is 0.323 e. The van der Waals surface area contributed by atoms with Gasteiger partial charge >= 0.3 is 5.97 Å². The molecule has 1 atom stereocenters. The molecule has 6 heteroatoms. The summed E-state index contributed by atoms with van der Waals surface area (Å²) in [5.74, 6) is -0.446. The number of carbonyl (C=O) groups excluding carboxylic acids is 1. The van der Waals surface area contributed by atoms with E-state index in [1.165, 1.54) is 7.11 Å². The number of methoxy groups -OCH3 is 1. The SMILES string of the molecule is COC(=O)C(N)Cc1c(-c2ccc(Cl)cc2)nc2ccccn12. The van der Waals surface area contributed by atoms with E-state index in [2.05, 4.69) is 4.98 Å². The van der Waals surface area contributed by atoms with Gasteiger partial charge in [0.1, 0.15) is 11.7 Å². The lowest BCUT2D eigenvalue weighted by molar-refractivity contribution is -0.142. The Morgan fingerprint density at radius 2 is 2.04 bits per heavy atom. The number of rotatable bonds is 4. The highest BCUT2D eigenvalue weighted by Crippen LogP contribution is 2.26. The Morgan fingerprint density at radius 1 is 1.30 bits per heavy atom. The number of pyridine rings is 1. The van der Waals surface area contributed by atoms with Crippen LogP contribution in [0.2, 0.25) is 5.02 Å². The van der Waals surface area contributed by atoms with Gasteiger partial charge in [-0.15, -0.1) is 0 Å².